The number of hydrogen-bond donors (Lipinski definition) is 1. The molecule has 4 rings (SSSR count). The molecule has 1 N–H and O–H groups in total. The fourth-order valence-electron chi connectivity index (χ4n) is 3.89. The molecule has 1 aromatic heterocycles. The molecule has 33 heavy (non-hydrogen) atoms. The van der Waals surface area contributed by atoms with Gasteiger partial charge in [-0.15, -0.1) is 0 Å². The van der Waals surface area contributed by atoms with Crippen LogP contribution in [-0.4, -0.2) is 36.7 Å². The van der Waals surface area contributed by atoms with Crippen LogP contribution in [0.15, 0.2) is 73.1 Å². The Kier molecular flexibility index (Phi) is 7.05. The maximum atomic E-state index is 12.8. The first-order valence-corrected chi connectivity index (χ1v) is 12.5. The van der Waals surface area contributed by atoms with E-state index in [-0.39, 0.29) is 17.6 Å². The summed E-state index contributed by atoms with van der Waals surface area (Å²) < 4.78 is 32.8. The Bertz CT molecular complexity index is 1190. The third kappa shape index (κ3) is 5.97. The molecule has 2 heterocycles. The number of carbonyl (C=O) groups excluding carboxylic acids is 1. The zero-order valence-corrected chi connectivity index (χ0v) is 19.3. The molecular weight excluding hydrogens is 438 g/mol. The zero-order chi connectivity index (χ0) is 23.3. The molecule has 7 nitrogen and oxygen atoms in total. The number of carbonyl (C=O) groups is 1. The predicted octanol–water partition coefficient (Wildman–Crippen LogP) is 4.36. The van der Waals surface area contributed by atoms with Crippen molar-refractivity contribution < 1.29 is 17.9 Å². The Hall–Kier alpha value is -3.23. The summed E-state index contributed by atoms with van der Waals surface area (Å²) >= 11 is 0. The Balaban J connectivity index is 1.31. The van der Waals surface area contributed by atoms with E-state index in [4.69, 9.17) is 4.74 Å². The second-order valence-corrected chi connectivity index (χ2v) is 10.1. The monoisotopic (exact) mass is 465 g/mol. The van der Waals surface area contributed by atoms with Gasteiger partial charge in [-0.2, -0.15) is 0 Å². The molecule has 1 fully saturated rings. The van der Waals surface area contributed by atoms with Crippen molar-refractivity contribution in [1.82, 2.24) is 9.29 Å². The van der Waals surface area contributed by atoms with E-state index in [2.05, 4.69) is 10.3 Å². The van der Waals surface area contributed by atoms with Gasteiger partial charge in [-0.25, -0.2) is 12.7 Å². The Morgan fingerprint density at radius 3 is 2.52 bits per heavy atom. The van der Waals surface area contributed by atoms with Crippen LogP contribution in [0.25, 0.3) is 0 Å². The average Bonchev–Trinajstić information content (AvgIpc) is 2.82. The van der Waals surface area contributed by atoms with Crippen molar-refractivity contribution >= 4 is 21.6 Å². The van der Waals surface area contributed by atoms with Crippen LogP contribution >= 0.6 is 0 Å². The SMILES string of the molecule is Cc1cc(NC(=O)C2CCN(S(=O)(=O)Cc3ccccc3)CC2)ccc1Oc1cccnc1. The normalized spacial score (nSPS) is 15.2. The molecule has 1 aliphatic heterocycles. The molecule has 1 amide bonds. The minimum Gasteiger partial charge on any atom is -0.455 e. The summed E-state index contributed by atoms with van der Waals surface area (Å²) in [6, 6.07) is 18.3. The number of rotatable bonds is 7. The number of hydrogen-bond acceptors (Lipinski definition) is 5. The summed E-state index contributed by atoms with van der Waals surface area (Å²) in [6.45, 7) is 2.62. The van der Waals surface area contributed by atoms with Crippen LogP contribution in [0.1, 0.15) is 24.0 Å². The number of benzene rings is 2. The van der Waals surface area contributed by atoms with Gasteiger partial charge < -0.3 is 10.1 Å². The summed E-state index contributed by atoms with van der Waals surface area (Å²) in [5.41, 5.74) is 2.34. The van der Waals surface area contributed by atoms with Gasteiger partial charge in [-0.1, -0.05) is 30.3 Å². The lowest BCUT2D eigenvalue weighted by molar-refractivity contribution is -0.120. The lowest BCUT2D eigenvalue weighted by atomic mass is 9.97. The molecule has 0 unspecified atom stereocenters. The third-order valence-electron chi connectivity index (χ3n) is 5.71. The van der Waals surface area contributed by atoms with Crippen molar-refractivity contribution in [3.05, 3.63) is 84.2 Å². The molecule has 3 aromatic rings. The van der Waals surface area contributed by atoms with Gasteiger partial charge in [0.25, 0.3) is 0 Å². The van der Waals surface area contributed by atoms with Crippen LogP contribution in [0, 0.1) is 12.8 Å². The van der Waals surface area contributed by atoms with E-state index in [0.29, 0.717) is 43.1 Å². The van der Waals surface area contributed by atoms with Gasteiger partial charge in [0.2, 0.25) is 15.9 Å². The van der Waals surface area contributed by atoms with Gasteiger partial charge in [-0.05, 0) is 61.2 Å². The summed E-state index contributed by atoms with van der Waals surface area (Å²) in [6.07, 6.45) is 4.32. The number of aromatic nitrogens is 1. The molecule has 0 aliphatic carbocycles. The maximum Gasteiger partial charge on any atom is 0.227 e. The van der Waals surface area contributed by atoms with Crippen molar-refractivity contribution in [1.29, 1.82) is 0 Å². The number of aryl methyl sites for hydroxylation is 1. The van der Waals surface area contributed by atoms with Crippen molar-refractivity contribution in [2.45, 2.75) is 25.5 Å². The van der Waals surface area contributed by atoms with Crippen molar-refractivity contribution in [3.63, 3.8) is 0 Å². The highest BCUT2D eigenvalue weighted by Crippen LogP contribution is 2.28. The van der Waals surface area contributed by atoms with Gasteiger partial charge in [0, 0.05) is 30.9 Å². The Morgan fingerprint density at radius 1 is 1.09 bits per heavy atom. The predicted molar refractivity (Wildman–Crippen MR) is 127 cm³/mol. The first kappa shape index (κ1) is 22.9. The minimum absolute atomic E-state index is 0.0164. The highest BCUT2D eigenvalue weighted by atomic mass is 32.2. The number of amides is 1. The quantitative estimate of drug-likeness (QED) is 0.560. The second-order valence-electron chi connectivity index (χ2n) is 8.18. The number of pyridine rings is 1. The first-order valence-electron chi connectivity index (χ1n) is 10.9. The van der Waals surface area contributed by atoms with E-state index in [1.165, 1.54) is 4.31 Å². The Morgan fingerprint density at radius 2 is 1.85 bits per heavy atom. The number of ether oxygens (including phenoxy) is 1. The van der Waals surface area contributed by atoms with E-state index >= 15 is 0 Å². The number of nitrogens with zero attached hydrogens (tertiary/aromatic N) is 2. The van der Waals surface area contributed by atoms with Gasteiger partial charge in [0.05, 0.1) is 11.9 Å². The number of sulfonamides is 1. The molecular formula is C25H27N3O4S. The minimum atomic E-state index is -3.40. The fourth-order valence-corrected chi connectivity index (χ4v) is 5.46. The molecule has 172 valence electrons. The lowest BCUT2D eigenvalue weighted by Crippen LogP contribution is -2.41. The van der Waals surface area contributed by atoms with Crippen LogP contribution < -0.4 is 10.1 Å². The topological polar surface area (TPSA) is 88.6 Å². The number of piperidine rings is 1. The third-order valence-corrected chi connectivity index (χ3v) is 7.56. The highest BCUT2D eigenvalue weighted by Gasteiger charge is 2.31. The fraction of sp³-hybridized carbons (Fsp3) is 0.280. The zero-order valence-electron chi connectivity index (χ0n) is 18.5. The Labute approximate surface area is 194 Å². The van der Waals surface area contributed by atoms with Crippen LogP contribution in [0.2, 0.25) is 0 Å². The standard InChI is InChI=1S/C25H27N3O4S/c1-19-16-22(9-10-24(19)32-23-8-5-13-26-17-23)27-25(29)21-11-14-28(15-12-21)33(30,31)18-20-6-3-2-4-7-20/h2-10,13,16-17,21H,11-12,14-15,18H2,1H3,(H,27,29). The van der Waals surface area contributed by atoms with Crippen molar-refractivity contribution in [2.24, 2.45) is 5.92 Å². The molecule has 0 spiro atoms. The molecule has 0 atom stereocenters. The summed E-state index contributed by atoms with van der Waals surface area (Å²) in [5, 5.41) is 2.96. The summed E-state index contributed by atoms with van der Waals surface area (Å²) in [4.78, 5) is 16.8. The average molecular weight is 466 g/mol. The second kappa shape index (κ2) is 10.1. The van der Waals surface area contributed by atoms with Gasteiger partial charge in [0.15, 0.2) is 0 Å². The first-order chi connectivity index (χ1) is 15.9. The smallest absolute Gasteiger partial charge is 0.227 e. The summed E-state index contributed by atoms with van der Waals surface area (Å²) in [7, 11) is -3.40. The van der Waals surface area contributed by atoms with E-state index < -0.39 is 10.0 Å². The largest absolute Gasteiger partial charge is 0.455 e. The molecule has 0 saturated carbocycles. The summed E-state index contributed by atoms with van der Waals surface area (Å²) in [5.74, 6) is 1.01. The maximum absolute atomic E-state index is 12.8. The van der Waals surface area contributed by atoms with Crippen LogP contribution in [-0.2, 0) is 20.6 Å². The van der Waals surface area contributed by atoms with E-state index in [0.717, 1.165) is 11.1 Å². The van der Waals surface area contributed by atoms with Gasteiger partial charge in [-0.3, -0.25) is 9.78 Å². The van der Waals surface area contributed by atoms with Crippen LogP contribution in [0.5, 0.6) is 11.5 Å². The molecule has 0 bridgehead atoms. The molecule has 1 saturated heterocycles. The van der Waals surface area contributed by atoms with Gasteiger partial charge in [0.1, 0.15) is 11.5 Å². The molecule has 2 aromatic carbocycles. The van der Waals surface area contributed by atoms with E-state index in [1.807, 2.05) is 55.5 Å². The van der Waals surface area contributed by atoms with Crippen LogP contribution in [0.4, 0.5) is 5.69 Å². The lowest BCUT2D eigenvalue weighted by Gasteiger charge is -2.30. The molecule has 8 heteroatoms. The number of nitrogens with one attached hydrogen (secondary N) is 1. The van der Waals surface area contributed by atoms with E-state index in [1.54, 1.807) is 24.5 Å². The van der Waals surface area contributed by atoms with E-state index in [9.17, 15) is 13.2 Å². The molecule has 1 aliphatic rings. The van der Waals surface area contributed by atoms with Crippen molar-refractivity contribution in [3.8, 4) is 11.5 Å². The van der Waals surface area contributed by atoms with Crippen molar-refractivity contribution in [2.75, 3.05) is 18.4 Å². The van der Waals surface area contributed by atoms with Crippen LogP contribution in [0.3, 0.4) is 0 Å². The molecule has 0 radical (unpaired) electrons. The highest BCUT2D eigenvalue weighted by molar-refractivity contribution is 7.88. The van der Waals surface area contributed by atoms with Gasteiger partial charge >= 0.3 is 0 Å². The number of anilines is 1.